The molecule has 148 valence electrons. The molecule has 0 spiro atoms. The van der Waals surface area contributed by atoms with E-state index in [1.807, 2.05) is 50.2 Å². The number of fused-ring (bicyclic) bond motifs is 2. The minimum atomic E-state index is -0.476. The summed E-state index contributed by atoms with van der Waals surface area (Å²) >= 11 is 0. The molecule has 3 atom stereocenters. The Kier molecular flexibility index (Phi) is 4.73. The molecule has 0 saturated carbocycles. The van der Waals surface area contributed by atoms with Gasteiger partial charge in [-0.2, -0.15) is 0 Å². The van der Waals surface area contributed by atoms with Gasteiger partial charge < -0.3 is 14.4 Å². The first kappa shape index (κ1) is 18.7. The molecule has 0 aliphatic carbocycles. The maximum Gasteiger partial charge on any atom is 0.410 e. The molecular weight excluding hydrogens is 354 g/mol. The van der Waals surface area contributed by atoms with Gasteiger partial charge in [-0.25, -0.2) is 9.78 Å². The van der Waals surface area contributed by atoms with Crippen LogP contribution in [0, 0.1) is 0 Å². The number of aromatic nitrogens is 2. The first-order valence-corrected chi connectivity index (χ1v) is 9.82. The van der Waals surface area contributed by atoms with E-state index in [9.17, 15) is 4.79 Å². The van der Waals surface area contributed by atoms with Gasteiger partial charge >= 0.3 is 6.09 Å². The molecule has 2 aromatic heterocycles. The van der Waals surface area contributed by atoms with E-state index in [0.29, 0.717) is 11.8 Å². The predicted molar refractivity (Wildman–Crippen MR) is 106 cm³/mol. The van der Waals surface area contributed by atoms with E-state index in [1.165, 1.54) is 5.56 Å². The van der Waals surface area contributed by atoms with Gasteiger partial charge in [-0.3, -0.25) is 4.98 Å². The molecule has 0 N–H and O–H groups in total. The van der Waals surface area contributed by atoms with E-state index in [4.69, 9.17) is 9.47 Å². The summed E-state index contributed by atoms with van der Waals surface area (Å²) in [5, 5.41) is 0. The number of methoxy groups -OCH3 is 1. The van der Waals surface area contributed by atoms with E-state index >= 15 is 0 Å². The van der Waals surface area contributed by atoms with Crippen LogP contribution in [0.25, 0.3) is 11.1 Å². The van der Waals surface area contributed by atoms with E-state index in [-0.39, 0.29) is 18.2 Å². The van der Waals surface area contributed by atoms with Gasteiger partial charge in [0.1, 0.15) is 5.60 Å². The van der Waals surface area contributed by atoms with Crippen LogP contribution in [0.15, 0.2) is 36.8 Å². The third-order valence-corrected chi connectivity index (χ3v) is 5.61. The Balaban J connectivity index is 1.58. The summed E-state index contributed by atoms with van der Waals surface area (Å²) in [4.78, 5) is 23.3. The average Bonchev–Trinajstić information content (AvgIpc) is 3.25. The standard InChI is InChI=1S/C22H27N3O3/c1-22(2,3)28-21(26)25-17-5-6-19(25)18(11-17)16-9-15(12-23-13-16)14-7-8-24-20(10-14)27-4/h7-10,12-13,17-19H,5-6,11H2,1-4H3. The number of rotatable bonds is 3. The van der Waals surface area contributed by atoms with Gasteiger partial charge in [0.2, 0.25) is 5.88 Å². The molecule has 2 aromatic rings. The number of pyridine rings is 2. The Morgan fingerprint density at radius 1 is 1.18 bits per heavy atom. The molecule has 2 aliphatic rings. The number of hydrogen-bond acceptors (Lipinski definition) is 5. The van der Waals surface area contributed by atoms with Crippen molar-refractivity contribution < 1.29 is 14.3 Å². The first-order valence-electron chi connectivity index (χ1n) is 9.82. The van der Waals surface area contributed by atoms with Crippen LogP contribution in [-0.4, -0.2) is 45.8 Å². The minimum absolute atomic E-state index is 0.184. The number of ether oxygens (including phenoxy) is 2. The number of amides is 1. The highest BCUT2D eigenvalue weighted by Crippen LogP contribution is 2.47. The molecule has 2 bridgehead atoms. The molecule has 28 heavy (non-hydrogen) atoms. The second-order valence-electron chi connectivity index (χ2n) is 8.62. The van der Waals surface area contributed by atoms with E-state index < -0.39 is 5.60 Å². The Morgan fingerprint density at radius 3 is 2.75 bits per heavy atom. The summed E-state index contributed by atoms with van der Waals surface area (Å²) in [6.07, 6.45) is 8.37. The van der Waals surface area contributed by atoms with Gasteiger partial charge in [-0.05, 0) is 63.3 Å². The minimum Gasteiger partial charge on any atom is -0.481 e. The molecule has 2 fully saturated rings. The zero-order valence-electron chi connectivity index (χ0n) is 16.9. The number of carbonyl (C=O) groups is 1. The van der Waals surface area contributed by atoms with E-state index in [2.05, 4.69) is 16.0 Å². The molecule has 0 aromatic carbocycles. The molecule has 2 saturated heterocycles. The number of hydrogen-bond donors (Lipinski definition) is 0. The van der Waals surface area contributed by atoms with Crippen molar-refractivity contribution >= 4 is 6.09 Å². The average molecular weight is 381 g/mol. The van der Waals surface area contributed by atoms with Crippen LogP contribution in [0.3, 0.4) is 0 Å². The van der Waals surface area contributed by atoms with Crippen molar-refractivity contribution in [1.29, 1.82) is 0 Å². The molecule has 0 radical (unpaired) electrons. The Bertz CT molecular complexity index is 877. The molecule has 1 amide bonds. The highest BCUT2D eigenvalue weighted by Gasteiger charge is 2.50. The Hall–Kier alpha value is -2.63. The monoisotopic (exact) mass is 381 g/mol. The van der Waals surface area contributed by atoms with Crippen LogP contribution in [0.2, 0.25) is 0 Å². The lowest BCUT2D eigenvalue weighted by molar-refractivity contribution is 0.0213. The Labute approximate surface area is 165 Å². The van der Waals surface area contributed by atoms with Crippen molar-refractivity contribution in [2.24, 2.45) is 0 Å². The lowest BCUT2D eigenvalue weighted by atomic mass is 9.84. The fraction of sp³-hybridized carbons (Fsp3) is 0.500. The maximum absolute atomic E-state index is 12.7. The molecule has 2 aliphatic heterocycles. The SMILES string of the molecule is COc1cc(-c2cncc(C3CC4CCC3N4C(=O)OC(C)(C)C)c2)ccn1. The van der Waals surface area contributed by atoms with Gasteiger partial charge in [-0.1, -0.05) is 0 Å². The van der Waals surface area contributed by atoms with Crippen LogP contribution in [0.1, 0.15) is 51.5 Å². The van der Waals surface area contributed by atoms with Crippen LogP contribution in [0.4, 0.5) is 4.79 Å². The first-order chi connectivity index (χ1) is 13.4. The van der Waals surface area contributed by atoms with Crippen molar-refractivity contribution in [3.63, 3.8) is 0 Å². The topological polar surface area (TPSA) is 64.5 Å². The summed E-state index contributed by atoms with van der Waals surface area (Å²) in [5.41, 5.74) is 2.75. The maximum atomic E-state index is 12.7. The van der Waals surface area contributed by atoms with Crippen LogP contribution >= 0.6 is 0 Å². The number of nitrogens with zero attached hydrogens (tertiary/aromatic N) is 3. The third kappa shape index (κ3) is 3.55. The van der Waals surface area contributed by atoms with Crippen LogP contribution < -0.4 is 4.74 Å². The van der Waals surface area contributed by atoms with Crippen molar-refractivity contribution in [3.8, 4) is 17.0 Å². The molecule has 3 unspecified atom stereocenters. The third-order valence-electron chi connectivity index (χ3n) is 5.61. The fourth-order valence-corrected chi connectivity index (χ4v) is 4.47. The van der Waals surface area contributed by atoms with Crippen molar-refractivity contribution in [2.75, 3.05) is 7.11 Å². The zero-order valence-corrected chi connectivity index (χ0v) is 16.9. The highest BCUT2D eigenvalue weighted by atomic mass is 16.6. The highest BCUT2D eigenvalue weighted by molar-refractivity contribution is 5.70. The van der Waals surface area contributed by atoms with Crippen molar-refractivity contribution in [2.45, 2.75) is 63.6 Å². The number of carbonyl (C=O) groups excluding carboxylic acids is 1. The molecule has 6 nitrogen and oxygen atoms in total. The van der Waals surface area contributed by atoms with Gasteiger partial charge in [-0.15, -0.1) is 0 Å². The Morgan fingerprint density at radius 2 is 2.00 bits per heavy atom. The second-order valence-corrected chi connectivity index (χ2v) is 8.62. The van der Waals surface area contributed by atoms with Crippen LogP contribution in [0.5, 0.6) is 5.88 Å². The van der Waals surface area contributed by atoms with Crippen LogP contribution in [-0.2, 0) is 4.74 Å². The van der Waals surface area contributed by atoms with Gasteiger partial charge in [0.15, 0.2) is 0 Å². The molecule has 6 heteroatoms. The smallest absolute Gasteiger partial charge is 0.410 e. The molecule has 4 rings (SSSR count). The summed E-state index contributed by atoms with van der Waals surface area (Å²) in [6, 6.07) is 6.49. The van der Waals surface area contributed by atoms with E-state index in [0.717, 1.165) is 30.4 Å². The van der Waals surface area contributed by atoms with Gasteiger partial charge in [0.05, 0.1) is 7.11 Å². The van der Waals surface area contributed by atoms with E-state index in [1.54, 1.807) is 13.3 Å². The fourth-order valence-electron chi connectivity index (χ4n) is 4.47. The molecule has 4 heterocycles. The predicted octanol–water partition coefficient (Wildman–Crippen LogP) is 4.41. The summed E-state index contributed by atoms with van der Waals surface area (Å²) in [6.45, 7) is 5.74. The van der Waals surface area contributed by atoms with Gasteiger partial charge in [0, 0.05) is 48.2 Å². The largest absolute Gasteiger partial charge is 0.481 e. The lowest BCUT2D eigenvalue weighted by Crippen LogP contribution is -2.40. The van der Waals surface area contributed by atoms with Crippen molar-refractivity contribution in [3.05, 3.63) is 42.4 Å². The van der Waals surface area contributed by atoms with Crippen molar-refractivity contribution in [1.82, 2.24) is 14.9 Å². The summed E-state index contributed by atoms with van der Waals surface area (Å²) in [7, 11) is 1.61. The zero-order chi connectivity index (χ0) is 19.9. The molecular formula is C22H27N3O3. The quantitative estimate of drug-likeness (QED) is 0.788. The second kappa shape index (κ2) is 7.08. The lowest BCUT2D eigenvalue weighted by Gasteiger charge is -2.28. The summed E-state index contributed by atoms with van der Waals surface area (Å²) < 4.78 is 10.9. The van der Waals surface area contributed by atoms with Gasteiger partial charge in [0.25, 0.3) is 0 Å². The normalized spacial score (nSPS) is 23.7. The summed E-state index contributed by atoms with van der Waals surface area (Å²) in [5.74, 6) is 0.876.